The van der Waals surface area contributed by atoms with Crippen molar-refractivity contribution in [2.75, 3.05) is 0 Å². The Hall–Kier alpha value is -1.63. The molecular formula is C21H28O. The summed E-state index contributed by atoms with van der Waals surface area (Å²) in [6.07, 6.45) is 11.6. The number of benzene rings is 1. The van der Waals surface area contributed by atoms with E-state index in [1.54, 1.807) is 11.6 Å². The zero-order valence-corrected chi connectivity index (χ0v) is 14.0. The summed E-state index contributed by atoms with van der Waals surface area (Å²) in [6, 6.07) is 10.9. The summed E-state index contributed by atoms with van der Waals surface area (Å²) in [7, 11) is 0. The monoisotopic (exact) mass is 296 g/mol. The molecule has 0 saturated heterocycles. The van der Waals surface area contributed by atoms with Gasteiger partial charge in [0.05, 0.1) is 0 Å². The van der Waals surface area contributed by atoms with Gasteiger partial charge in [-0.15, -0.1) is 0 Å². The second-order valence-electron chi connectivity index (χ2n) is 6.24. The molecule has 1 atom stereocenters. The highest BCUT2D eigenvalue weighted by molar-refractivity contribution is 5.89. The highest BCUT2D eigenvalue weighted by Gasteiger charge is 2.20. The number of rotatable bonds is 7. The van der Waals surface area contributed by atoms with E-state index in [1.807, 2.05) is 6.92 Å². The van der Waals surface area contributed by atoms with Gasteiger partial charge < -0.3 is 0 Å². The molecule has 0 saturated carbocycles. The topological polar surface area (TPSA) is 17.1 Å². The van der Waals surface area contributed by atoms with Gasteiger partial charge in [0.1, 0.15) is 0 Å². The van der Waals surface area contributed by atoms with Crippen LogP contribution < -0.4 is 0 Å². The van der Waals surface area contributed by atoms with Crippen molar-refractivity contribution in [3.05, 3.63) is 59.2 Å². The fourth-order valence-electron chi connectivity index (χ4n) is 3.21. The summed E-state index contributed by atoms with van der Waals surface area (Å²) in [4.78, 5) is 11.6. The second-order valence-corrected chi connectivity index (χ2v) is 6.24. The number of hydrogen-bond acceptors (Lipinski definition) is 1. The number of ketones is 1. The molecule has 1 heteroatoms. The predicted octanol–water partition coefficient (Wildman–Crippen LogP) is 5.98. The van der Waals surface area contributed by atoms with Crippen LogP contribution >= 0.6 is 0 Å². The van der Waals surface area contributed by atoms with Crippen LogP contribution in [0.25, 0.3) is 0 Å². The molecule has 0 amide bonds. The maximum Gasteiger partial charge on any atom is 0.155 e. The smallest absolute Gasteiger partial charge is 0.155 e. The molecule has 0 fully saturated rings. The van der Waals surface area contributed by atoms with Crippen LogP contribution in [0.4, 0.5) is 0 Å². The third kappa shape index (κ3) is 4.69. The summed E-state index contributed by atoms with van der Waals surface area (Å²) < 4.78 is 0. The van der Waals surface area contributed by atoms with Gasteiger partial charge >= 0.3 is 0 Å². The summed E-state index contributed by atoms with van der Waals surface area (Å²) in [5.41, 5.74) is 4.45. The van der Waals surface area contributed by atoms with Gasteiger partial charge in [-0.1, -0.05) is 62.2 Å². The van der Waals surface area contributed by atoms with Gasteiger partial charge in [-0.3, -0.25) is 4.79 Å². The average molecular weight is 296 g/mol. The lowest BCUT2D eigenvalue weighted by Gasteiger charge is -2.27. The number of carbonyl (C=O) groups is 1. The molecular weight excluding hydrogens is 268 g/mol. The first-order valence-electron chi connectivity index (χ1n) is 8.71. The van der Waals surface area contributed by atoms with Crippen molar-refractivity contribution in [1.29, 1.82) is 0 Å². The molecule has 0 aliphatic heterocycles. The summed E-state index contributed by atoms with van der Waals surface area (Å²) >= 11 is 0. The van der Waals surface area contributed by atoms with Crippen LogP contribution in [0.3, 0.4) is 0 Å². The first-order valence-corrected chi connectivity index (χ1v) is 8.71. The minimum atomic E-state index is 0.229. The molecule has 1 unspecified atom stereocenters. The van der Waals surface area contributed by atoms with E-state index in [1.165, 1.54) is 36.8 Å². The molecule has 1 aromatic rings. The maximum absolute atomic E-state index is 11.6. The minimum absolute atomic E-state index is 0.229. The van der Waals surface area contributed by atoms with Gasteiger partial charge in [-0.05, 0) is 55.2 Å². The molecule has 1 aliphatic rings. The predicted molar refractivity (Wildman–Crippen MR) is 94.0 cm³/mol. The summed E-state index contributed by atoms with van der Waals surface area (Å²) in [6.45, 7) is 4.17. The molecule has 0 radical (unpaired) electrons. The lowest BCUT2D eigenvalue weighted by Crippen LogP contribution is -2.09. The molecule has 0 aromatic heterocycles. The van der Waals surface area contributed by atoms with Crippen molar-refractivity contribution in [2.45, 2.75) is 64.7 Å². The van der Waals surface area contributed by atoms with E-state index < -0.39 is 0 Å². The van der Waals surface area contributed by atoms with Crippen molar-refractivity contribution in [2.24, 2.45) is 0 Å². The van der Waals surface area contributed by atoms with Crippen LogP contribution in [0.1, 0.15) is 70.3 Å². The number of allylic oxidation sites excluding steroid dienone is 4. The molecule has 0 bridgehead atoms. The Balaban J connectivity index is 2.15. The largest absolute Gasteiger partial charge is 0.295 e. The van der Waals surface area contributed by atoms with Crippen LogP contribution in [-0.4, -0.2) is 5.78 Å². The van der Waals surface area contributed by atoms with Gasteiger partial charge in [0.25, 0.3) is 0 Å². The molecule has 0 N–H and O–H groups in total. The highest BCUT2D eigenvalue weighted by atomic mass is 16.1. The van der Waals surface area contributed by atoms with Crippen molar-refractivity contribution >= 4 is 5.78 Å². The third-order valence-electron chi connectivity index (χ3n) is 4.63. The van der Waals surface area contributed by atoms with Gasteiger partial charge in [-0.2, -0.15) is 0 Å². The van der Waals surface area contributed by atoms with E-state index in [0.717, 1.165) is 12.8 Å². The van der Waals surface area contributed by atoms with Crippen molar-refractivity contribution < 1.29 is 4.79 Å². The van der Waals surface area contributed by atoms with E-state index in [4.69, 9.17) is 0 Å². The second kappa shape index (κ2) is 8.73. The van der Waals surface area contributed by atoms with Crippen molar-refractivity contribution in [1.82, 2.24) is 0 Å². The lowest BCUT2D eigenvalue weighted by atomic mass is 9.78. The Labute approximate surface area is 135 Å². The van der Waals surface area contributed by atoms with Crippen molar-refractivity contribution in [3.8, 4) is 0 Å². The molecule has 2 rings (SSSR count). The number of hydrogen-bond donors (Lipinski definition) is 0. The standard InChI is InChI=1S/C21H28O/c1-3-5-9-19-16-20(17-10-7-6-8-11-17)13-12-18(19)14-15-21(22)4-2/h6-8,10-11,14-15,20H,3-5,9,12-13,16H2,1-2H3/b15-14+. The fourth-order valence-corrected chi connectivity index (χ4v) is 3.21. The Morgan fingerprint density at radius 3 is 2.68 bits per heavy atom. The SMILES string of the molecule is CCCCC1=C(/C=C/C(=O)CC)CCC(c2ccccc2)C1. The Morgan fingerprint density at radius 2 is 2.00 bits per heavy atom. The normalized spacial score (nSPS) is 18.9. The zero-order chi connectivity index (χ0) is 15.8. The van der Waals surface area contributed by atoms with E-state index in [0.29, 0.717) is 12.3 Å². The van der Waals surface area contributed by atoms with E-state index in [2.05, 4.69) is 43.3 Å². The zero-order valence-electron chi connectivity index (χ0n) is 14.0. The molecule has 1 aromatic carbocycles. The fraction of sp³-hybridized carbons (Fsp3) is 0.476. The maximum atomic E-state index is 11.6. The molecule has 1 nitrogen and oxygen atoms in total. The summed E-state index contributed by atoms with van der Waals surface area (Å²) in [5.74, 6) is 0.875. The van der Waals surface area contributed by atoms with Gasteiger partial charge in [-0.25, -0.2) is 0 Å². The van der Waals surface area contributed by atoms with Crippen LogP contribution in [0.5, 0.6) is 0 Å². The average Bonchev–Trinajstić information content (AvgIpc) is 2.58. The van der Waals surface area contributed by atoms with E-state index in [-0.39, 0.29) is 5.78 Å². The summed E-state index contributed by atoms with van der Waals surface area (Å²) in [5, 5.41) is 0. The molecule has 0 heterocycles. The first kappa shape index (κ1) is 16.7. The Kier molecular flexibility index (Phi) is 6.64. The lowest BCUT2D eigenvalue weighted by molar-refractivity contribution is -0.114. The van der Waals surface area contributed by atoms with E-state index in [9.17, 15) is 4.79 Å². The first-order chi connectivity index (χ1) is 10.7. The highest BCUT2D eigenvalue weighted by Crippen LogP contribution is 2.38. The van der Waals surface area contributed by atoms with Crippen LogP contribution in [0.2, 0.25) is 0 Å². The molecule has 22 heavy (non-hydrogen) atoms. The van der Waals surface area contributed by atoms with Crippen LogP contribution in [0, 0.1) is 0 Å². The van der Waals surface area contributed by atoms with Gasteiger partial charge in [0, 0.05) is 6.42 Å². The van der Waals surface area contributed by atoms with Crippen LogP contribution in [0.15, 0.2) is 53.6 Å². The molecule has 1 aliphatic carbocycles. The molecule has 0 spiro atoms. The number of carbonyl (C=O) groups excluding carboxylic acids is 1. The van der Waals surface area contributed by atoms with Crippen molar-refractivity contribution in [3.63, 3.8) is 0 Å². The van der Waals surface area contributed by atoms with E-state index >= 15 is 0 Å². The Bertz CT molecular complexity index is 536. The minimum Gasteiger partial charge on any atom is -0.295 e. The quantitative estimate of drug-likeness (QED) is 0.566. The third-order valence-corrected chi connectivity index (χ3v) is 4.63. The molecule has 118 valence electrons. The Morgan fingerprint density at radius 1 is 1.23 bits per heavy atom. The van der Waals surface area contributed by atoms with Crippen LogP contribution in [-0.2, 0) is 4.79 Å². The number of unbranched alkanes of at least 4 members (excludes halogenated alkanes) is 1. The van der Waals surface area contributed by atoms with Gasteiger partial charge in [0.2, 0.25) is 0 Å². The van der Waals surface area contributed by atoms with Gasteiger partial charge in [0.15, 0.2) is 5.78 Å².